The Morgan fingerprint density at radius 1 is 1.21 bits per heavy atom. The van der Waals surface area contributed by atoms with Crippen LogP contribution in [0, 0.1) is 13.8 Å². The first-order valence-electron chi connectivity index (χ1n) is 8.67. The van der Waals surface area contributed by atoms with Crippen molar-refractivity contribution in [2.75, 3.05) is 31.1 Å². The number of amides is 1. The van der Waals surface area contributed by atoms with Crippen LogP contribution in [0.15, 0.2) is 22.7 Å². The molecule has 1 saturated heterocycles. The molecule has 5 nitrogen and oxygen atoms in total. The van der Waals surface area contributed by atoms with Gasteiger partial charge in [-0.1, -0.05) is 17.7 Å². The van der Waals surface area contributed by atoms with Crippen molar-refractivity contribution in [3.63, 3.8) is 0 Å². The van der Waals surface area contributed by atoms with E-state index in [-0.39, 0.29) is 22.6 Å². The lowest BCUT2D eigenvalue weighted by atomic mass is 10.1. The molecule has 0 N–H and O–H groups in total. The zero-order chi connectivity index (χ0) is 20.6. The Hall–Kier alpha value is -1.74. The summed E-state index contributed by atoms with van der Waals surface area (Å²) in [7, 11) is 0. The van der Waals surface area contributed by atoms with Crippen LogP contribution in [0.1, 0.15) is 17.0 Å². The van der Waals surface area contributed by atoms with Crippen LogP contribution >= 0.6 is 27.5 Å². The number of aryl methyl sites for hydroxylation is 1. The molecule has 2 aromatic rings. The Morgan fingerprint density at radius 2 is 1.86 bits per heavy atom. The molecular formula is C18H19BrClF3N4O. The van der Waals surface area contributed by atoms with Crippen molar-refractivity contribution in [1.29, 1.82) is 0 Å². The predicted molar refractivity (Wildman–Crippen MR) is 105 cm³/mol. The fourth-order valence-corrected chi connectivity index (χ4v) is 3.88. The molecule has 10 heteroatoms. The minimum atomic E-state index is -4.57. The van der Waals surface area contributed by atoms with E-state index in [2.05, 4.69) is 25.9 Å². The second-order valence-corrected chi connectivity index (χ2v) is 7.93. The van der Waals surface area contributed by atoms with E-state index < -0.39 is 11.9 Å². The van der Waals surface area contributed by atoms with E-state index in [0.717, 1.165) is 15.9 Å². The zero-order valence-corrected chi connectivity index (χ0v) is 17.7. The van der Waals surface area contributed by atoms with Crippen molar-refractivity contribution in [3.8, 4) is 0 Å². The van der Waals surface area contributed by atoms with Gasteiger partial charge in [0.25, 0.3) is 0 Å². The van der Waals surface area contributed by atoms with Crippen LogP contribution in [0.3, 0.4) is 0 Å². The molecule has 1 aliphatic rings. The minimum Gasteiger partial charge on any atom is -0.368 e. The molecular weight excluding hydrogens is 461 g/mol. The molecule has 1 aliphatic heterocycles. The molecule has 0 spiro atoms. The third kappa shape index (κ3) is 4.30. The Balaban J connectivity index is 1.66. The SMILES string of the molecule is Cc1ccc(Cl)cc1N1CCN(C(=O)Cn2nc(C(F)(F)F)c(Br)c2C)CC1. The first-order valence-corrected chi connectivity index (χ1v) is 9.84. The maximum atomic E-state index is 13.0. The smallest absolute Gasteiger partial charge is 0.368 e. The summed E-state index contributed by atoms with van der Waals surface area (Å²) in [5.41, 5.74) is 1.38. The lowest BCUT2D eigenvalue weighted by Gasteiger charge is -2.37. The molecule has 3 rings (SSSR count). The fourth-order valence-electron chi connectivity index (χ4n) is 3.21. The predicted octanol–water partition coefficient (Wildman–Crippen LogP) is 4.28. The van der Waals surface area contributed by atoms with Gasteiger partial charge in [0.2, 0.25) is 5.91 Å². The summed E-state index contributed by atoms with van der Waals surface area (Å²) in [4.78, 5) is 16.4. The van der Waals surface area contributed by atoms with Gasteiger partial charge in [-0.3, -0.25) is 9.48 Å². The molecule has 0 unspecified atom stereocenters. The van der Waals surface area contributed by atoms with E-state index in [0.29, 0.717) is 31.2 Å². The summed E-state index contributed by atoms with van der Waals surface area (Å²) >= 11 is 9.01. The molecule has 1 aromatic carbocycles. The van der Waals surface area contributed by atoms with Crippen molar-refractivity contribution >= 4 is 39.1 Å². The van der Waals surface area contributed by atoms with Gasteiger partial charge in [-0.15, -0.1) is 0 Å². The molecule has 2 heterocycles. The van der Waals surface area contributed by atoms with Crippen LogP contribution in [0.2, 0.25) is 5.02 Å². The third-order valence-corrected chi connectivity index (χ3v) is 6.02. The van der Waals surface area contributed by atoms with Gasteiger partial charge in [-0.05, 0) is 47.5 Å². The molecule has 0 saturated carbocycles. The third-order valence-electron chi connectivity index (χ3n) is 4.83. The van der Waals surface area contributed by atoms with Gasteiger partial charge in [0, 0.05) is 36.9 Å². The number of alkyl halides is 3. The van der Waals surface area contributed by atoms with Crippen LogP contribution in [-0.2, 0) is 17.5 Å². The van der Waals surface area contributed by atoms with Crippen LogP contribution < -0.4 is 4.90 Å². The maximum Gasteiger partial charge on any atom is 0.436 e. The van der Waals surface area contributed by atoms with Gasteiger partial charge in [-0.2, -0.15) is 18.3 Å². The molecule has 1 fully saturated rings. The standard InChI is InChI=1S/C18H19BrClF3N4O/c1-11-3-4-13(20)9-14(11)25-5-7-26(8-6-25)15(28)10-27-12(2)16(19)17(24-27)18(21,22)23/h3-4,9H,5-8,10H2,1-2H3. The second-order valence-electron chi connectivity index (χ2n) is 6.70. The number of halogens is 5. The van der Waals surface area contributed by atoms with E-state index >= 15 is 0 Å². The van der Waals surface area contributed by atoms with Crippen LogP contribution in [0.25, 0.3) is 0 Å². The zero-order valence-electron chi connectivity index (χ0n) is 15.4. The van der Waals surface area contributed by atoms with Crippen LogP contribution in [-0.4, -0.2) is 46.8 Å². The van der Waals surface area contributed by atoms with Gasteiger partial charge < -0.3 is 9.80 Å². The number of hydrogen-bond acceptors (Lipinski definition) is 3. The van der Waals surface area contributed by atoms with Gasteiger partial charge >= 0.3 is 6.18 Å². The number of anilines is 1. The lowest BCUT2D eigenvalue weighted by Crippen LogP contribution is -2.49. The number of carbonyl (C=O) groups is 1. The first-order chi connectivity index (χ1) is 13.1. The highest BCUT2D eigenvalue weighted by atomic mass is 79.9. The Kier molecular flexibility index (Phi) is 5.95. The van der Waals surface area contributed by atoms with Crippen molar-refractivity contribution in [2.45, 2.75) is 26.6 Å². The second kappa shape index (κ2) is 7.94. The topological polar surface area (TPSA) is 41.4 Å². The van der Waals surface area contributed by atoms with E-state index in [1.54, 1.807) is 4.90 Å². The number of piperazine rings is 1. The molecule has 0 aliphatic carbocycles. The lowest BCUT2D eigenvalue weighted by molar-refractivity contribution is -0.142. The summed E-state index contributed by atoms with van der Waals surface area (Å²) in [5, 5.41) is 4.22. The van der Waals surface area contributed by atoms with Gasteiger partial charge in [0.15, 0.2) is 5.69 Å². The first kappa shape index (κ1) is 21.0. The number of nitrogens with zero attached hydrogens (tertiary/aromatic N) is 4. The summed E-state index contributed by atoms with van der Waals surface area (Å²) < 4.78 is 39.9. The summed E-state index contributed by atoms with van der Waals surface area (Å²) in [6.07, 6.45) is -4.57. The van der Waals surface area contributed by atoms with Crippen molar-refractivity contribution < 1.29 is 18.0 Å². The maximum absolute atomic E-state index is 13.0. The van der Waals surface area contributed by atoms with E-state index in [4.69, 9.17) is 11.6 Å². The minimum absolute atomic E-state index is 0.131. The molecule has 1 aromatic heterocycles. The monoisotopic (exact) mass is 478 g/mol. The Morgan fingerprint density at radius 3 is 2.43 bits per heavy atom. The van der Waals surface area contributed by atoms with Crippen molar-refractivity contribution in [3.05, 3.63) is 44.6 Å². The van der Waals surface area contributed by atoms with Crippen molar-refractivity contribution in [2.24, 2.45) is 0 Å². The molecule has 1 amide bonds. The number of carbonyl (C=O) groups excluding carboxylic acids is 1. The quantitative estimate of drug-likeness (QED) is 0.660. The molecule has 28 heavy (non-hydrogen) atoms. The molecule has 0 atom stereocenters. The normalized spacial score (nSPS) is 15.2. The number of rotatable bonds is 3. The molecule has 152 valence electrons. The van der Waals surface area contributed by atoms with E-state index in [1.165, 1.54) is 6.92 Å². The highest BCUT2D eigenvalue weighted by Crippen LogP contribution is 2.35. The van der Waals surface area contributed by atoms with Gasteiger partial charge in [0.1, 0.15) is 6.54 Å². The summed E-state index contributed by atoms with van der Waals surface area (Å²) in [5.74, 6) is -0.255. The largest absolute Gasteiger partial charge is 0.436 e. The number of benzene rings is 1. The summed E-state index contributed by atoms with van der Waals surface area (Å²) in [6, 6.07) is 5.68. The van der Waals surface area contributed by atoms with Crippen molar-refractivity contribution in [1.82, 2.24) is 14.7 Å². The van der Waals surface area contributed by atoms with Gasteiger partial charge in [0.05, 0.1) is 10.2 Å². The average molecular weight is 480 g/mol. The molecule has 0 bridgehead atoms. The Labute approximate surface area is 174 Å². The average Bonchev–Trinajstić information content (AvgIpc) is 2.92. The van der Waals surface area contributed by atoms with Crippen LogP contribution in [0.5, 0.6) is 0 Å². The van der Waals surface area contributed by atoms with Crippen LogP contribution in [0.4, 0.5) is 18.9 Å². The van der Waals surface area contributed by atoms with Gasteiger partial charge in [-0.25, -0.2) is 0 Å². The highest BCUT2D eigenvalue weighted by Gasteiger charge is 2.38. The summed E-state index contributed by atoms with van der Waals surface area (Å²) in [6.45, 7) is 5.50. The molecule has 0 radical (unpaired) electrons. The number of hydrogen-bond donors (Lipinski definition) is 0. The number of aromatic nitrogens is 2. The highest BCUT2D eigenvalue weighted by molar-refractivity contribution is 9.10. The van der Waals surface area contributed by atoms with E-state index in [9.17, 15) is 18.0 Å². The fraction of sp³-hybridized carbons (Fsp3) is 0.444. The Bertz CT molecular complexity index is 892. The van der Waals surface area contributed by atoms with E-state index in [1.807, 2.05) is 25.1 Å².